The van der Waals surface area contributed by atoms with Crippen LogP contribution in [-0.2, 0) is 4.74 Å². The molecule has 114 valence electrons. The van der Waals surface area contributed by atoms with Crippen molar-refractivity contribution in [1.29, 1.82) is 0 Å². The van der Waals surface area contributed by atoms with Crippen molar-refractivity contribution < 1.29 is 19.3 Å². The zero-order valence-electron chi connectivity index (χ0n) is 11.6. The molecule has 0 aromatic carbocycles. The van der Waals surface area contributed by atoms with Gasteiger partial charge in [-0.1, -0.05) is 0 Å². The zero-order valence-corrected chi connectivity index (χ0v) is 11.6. The van der Waals surface area contributed by atoms with E-state index in [4.69, 9.17) is 9.84 Å². The van der Waals surface area contributed by atoms with Crippen LogP contribution in [0.5, 0.6) is 0 Å². The number of halogens is 1. The van der Waals surface area contributed by atoms with E-state index in [2.05, 4.69) is 20.3 Å². The zero-order chi connectivity index (χ0) is 15.1. The molecule has 0 amide bonds. The molecule has 1 fully saturated rings. The van der Waals surface area contributed by atoms with Gasteiger partial charge in [-0.15, -0.1) is 0 Å². The lowest BCUT2D eigenvalue weighted by molar-refractivity contribution is -0.0459. The highest BCUT2D eigenvalue weighted by molar-refractivity contribution is 5.82. The van der Waals surface area contributed by atoms with Crippen molar-refractivity contribution in [3.05, 3.63) is 12.2 Å². The second kappa shape index (κ2) is 5.17. The van der Waals surface area contributed by atoms with Gasteiger partial charge < -0.3 is 20.3 Å². The summed E-state index contributed by atoms with van der Waals surface area (Å²) in [5.74, 6) is 1.03. The molecule has 1 unspecified atom stereocenters. The van der Waals surface area contributed by atoms with Crippen molar-refractivity contribution in [1.82, 2.24) is 19.5 Å². The molecule has 1 aliphatic heterocycles. The summed E-state index contributed by atoms with van der Waals surface area (Å²) < 4.78 is 21.0. The van der Waals surface area contributed by atoms with Crippen molar-refractivity contribution in [2.45, 2.75) is 31.5 Å². The predicted molar refractivity (Wildman–Crippen MR) is 71.5 cm³/mol. The van der Waals surface area contributed by atoms with Gasteiger partial charge in [-0.25, -0.2) is 19.3 Å². The number of hydrogen-bond acceptors (Lipinski definition) is 7. The van der Waals surface area contributed by atoms with Crippen molar-refractivity contribution in [2.75, 3.05) is 19.0 Å². The summed E-state index contributed by atoms with van der Waals surface area (Å²) in [6.07, 6.45) is -3.71. The van der Waals surface area contributed by atoms with E-state index < -0.39 is 31.2 Å². The molecule has 1 aliphatic rings. The van der Waals surface area contributed by atoms with Crippen molar-refractivity contribution in [3.63, 3.8) is 0 Å². The van der Waals surface area contributed by atoms with Gasteiger partial charge in [0.05, 0.1) is 12.9 Å². The van der Waals surface area contributed by atoms with E-state index in [1.807, 2.05) is 0 Å². The first-order valence-corrected chi connectivity index (χ1v) is 6.54. The van der Waals surface area contributed by atoms with Gasteiger partial charge in [-0.3, -0.25) is 4.57 Å². The Bertz CT molecular complexity index is 664. The third kappa shape index (κ3) is 2.13. The molecule has 0 spiro atoms. The van der Waals surface area contributed by atoms with Crippen molar-refractivity contribution in [2.24, 2.45) is 0 Å². The SMILES string of the molecule is CNc1nc(C)nc2c1ncn2[C@@H]1OC(CO)[C@@H](O)[C@H]1F. The van der Waals surface area contributed by atoms with Gasteiger partial charge in [-0.05, 0) is 6.92 Å². The molecule has 21 heavy (non-hydrogen) atoms. The molecular formula is C12H16FN5O3. The highest BCUT2D eigenvalue weighted by Crippen LogP contribution is 2.34. The third-order valence-corrected chi connectivity index (χ3v) is 3.52. The molecule has 0 radical (unpaired) electrons. The summed E-state index contributed by atoms with van der Waals surface area (Å²) in [5, 5.41) is 21.7. The number of rotatable bonds is 3. The molecule has 3 heterocycles. The molecule has 0 bridgehead atoms. The molecule has 8 nitrogen and oxygen atoms in total. The Morgan fingerprint density at radius 1 is 1.48 bits per heavy atom. The average Bonchev–Trinajstić information content (AvgIpc) is 3.01. The number of hydrogen-bond donors (Lipinski definition) is 3. The molecule has 0 saturated carbocycles. The molecule has 2 aromatic heterocycles. The first-order valence-electron chi connectivity index (χ1n) is 6.54. The smallest absolute Gasteiger partial charge is 0.173 e. The van der Waals surface area contributed by atoms with Crippen molar-refractivity contribution in [3.8, 4) is 0 Å². The van der Waals surface area contributed by atoms with Crippen LogP contribution in [0.3, 0.4) is 0 Å². The maximum absolute atomic E-state index is 14.2. The molecule has 9 heteroatoms. The predicted octanol–water partition coefficient (Wildman–Crippen LogP) is -0.235. The molecule has 2 aromatic rings. The van der Waals surface area contributed by atoms with E-state index in [-0.39, 0.29) is 0 Å². The lowest BCUT2D eigenvalue weighted by Crippen LogP contribution is -2.30. The number of aromatic nitrogens is 4. The average molecular weight is 297 g/mol. The summed E-state index contributed by atoms with van der Waals surface area (Å²) in [7, 11) is 1.70. The standard InChI is InChI=1S/C12H16FN5O3/c1-5-16-10(14-2)8-11(17-5)18(4-15-8)12-7(13)9(20)6(3-19)21-12/h4,6-7,9,12,19-20H,3H2,1-2H3,(H,14,16,17)/t6?,7-,9-,12-/m1/s1. The lowest BCUT2D eigenvalue weighted by atomic mass is 10.1. The molecule has 3 N–H and O–H groups in total. The normalized spacial score (nSPS) is 29.2. The number of aryl methyl sites for hydroxylation is 1. The second-order valence-corrected chi connectivity index (χ2v) is 4.88. The maximum atomic E-state index is 14.2. The number of imidazole rings is 1. The summed E-state index contributed by atoms with van der Waals surface area (Å²) >= 11 is 0. The minimum Gasteiger partial charge on any atom is -0.394 e. The first-order chi connectivity index (χ1) is 10.1. The minimum atomic E-state index is -1.67. The van der Waals surface area contributed by atoms with Crippen LogP contribution in [0.15, 0.2) is 6.33 Å². The number of nitrogens with one attached hydrogen (secondary N) is 1. The number of aliphatic hydroxyl groups excluding tert-OH is 2. The fourth-order valence-corrected chi connectivity index (χ4v) is 2.46. The van der Waals surface area contributed by atoms with E-state index in [0.717, 1.165) is 0 Å². The van der Waals surface area contributed by atoms with Crippen LogP contribution in [0.2, 0.25) is 0 Å². The fraction of sp³-hybridized carbons (Fsp3) is 0.583. The summed E-state index contributed by atoms with van der Waals surface area (Å²) in [4.78, 5) is 12.6. The number of alkyl halides is 1. The quantitative estimate of drug-likeness (QED) is 0.718. The van der Waals surface area contributed by atoms with Crippen LogP contribution < -0.4 is 5.32 Å². The van der Waals surface area contributed by atoms with Gasteiger partial charge in [0, 0.05) is 7.05 Å². The van der Waals surface area contributed by atoms with E-state index in [9.17, 15) is 9.50 Å². The van der Waals surface area contributed by atoms with Crippen LogP contribution in [0.1, 0.15) is 12.1 Å². The van der Waals surface area contributed by atoms with Crippen LogP contribution in [-0.4, -0.2) is 61.8 Å². The molecule has 0 aliphatic carbocycles. The Labute approximate surface area is 119 Å². The minimum absolute atomic E-state index is 0.408. The van der Waals surface area contributed by atoms with Gasteiger partial charge in [0.1, 0.15) is 18.0 Å². The molecular weight excluding hydrogens is 281 g/mol. The summed E-state index contributed by atoms with van der Waals surface area (Å²) in [6.45, 7) is 1.26. The summed E-state index contributed by atoms with van der Waals surface area (Å²) in [5.41, 5.74) is 0.895. The van der Waals surface area contributed by atoms with Crippen LogP contribution in [0.25, 0.3) is 11.2 Å². The highest BCUT2D eigenvalue weighted by Gasteiger charge is 2.45. The maximum Gasteiger partial charge on any atom is 0.173 e. The van der Waals surface area contributed by atoms with Crippen molar-refractivity contribution >= 4 is 17.0 Å². The van der Waals surface area contributed by atoms with E-state index in [1.165, 1.54) is 10.9 Å². The highest BCUT2D eigenvalue weighted by atomic mass is 19.1. The van der Waals surface area contributed by atoms with E-state index in [1.54, 1.807) is 14.0 Å². The number of aliphatic hydroxyl groups is 2. The number of ether oxygens (including phenoxy) is 1. The molecule has 1 saturated heterocycles. The topological polar surface area (TPSA) is 105 Å². The Balaban J connectivity index is 2.07. The monoisotopic (exact) mass is 297 g/mol. The van der Waals surface area contributed by atoms with Crippen LogP contribution >= 0.6 is 0 Å². The van der Waals surface area contributed by atoms with Gasteiger partial charge in [0.25, 0.3) is 0 Å². The Morgan fingerprint density at radius 3 is 2.86 bits per heavy atom. The second-order valence-electron chi connectivity index (χ2n) is 4.88. The Morgan fingerprint density at radius 2 is 2.24 bits per heavy atom. The van der Waals surface area contributed by atoms with Gasteiger partial charge in [0.2, 0.25) is 0 Å². The van der Waals surface area contributed by atoms with E-state index in [0.29, 0.717) is 22.8 Å². The molecule has 4 atom stereocenters. The van der Waals surface area contributed by atoms with E-state index >= 15 is 0 Å². The Hall–Kier alpha value is -1.84. The van der Waals surface area contributed by atoms with Gasteiger partial charge >= 0.3 is 0 Å². The number of anilines is 1. The first kappa shape index (κ1) is 14.1. The molecule has 3 rings (SSSR count). The van der Waals surface area contributed by atoms with Crippen LogP contribution in [0, 0.1) is 6.92 Å². The van der Waals surface area contributed by atoms with Gasteiger partial charge in [0.15, 0.2) is 29.4 Å². The Kier molecular flexibility index (Phi) is 3.47. The third-order valence-electron chi connectivity index (χ3n) is 3.52. The number of fused-ring (bicyclic) bond motifs is 1. The number of nitrogens with zero attached hydrogens (tertiary/aromatic N) is 4. The van der Waals surface area contributed by atoms with Gasteiger partial charge in [-0.2, -0.15) is 0 Å². The summed E-state index contributed by atoms with van der Waals surface area (Å²) in [6, 6.07) is 0. The fourth-order valence-electron chi connectivity index (χ4n) is 2.46. The largest absolute Gasteiger partial charge is 0.394 e. The lowest BCUT2D eigenvalue weighted by Gasteiger charge is -2.15. The van der Waals surface area contributed by atoms with Crippen LogP contribution in [0.4, 0.5) is 10.2 Å².